The van der Waals surface area contributed by atoms with Crippen molar-refractivity contribution in [2.24, 2.45) is 11.3 Å². The Morgan fingerprint density at radius 2 is 2.15 bits per heavy atom. The number of nitrogens with one attached hydrogen (secondary N) is 1. The van der Waals surface area contributed by atoms with Crippen molar-refractivity contribution in [3.8, 4) is 5.75 Å². The fraction of sp³-hybridized carbons (Fsp3) is 0.556. The first-order chi connectivity index (χ1) is 12.4. The van der Waals surface area contributed by atoms with Crippen LogP contribution in [0.15, 0.2) is 27.8 Å². The van der Waals surface area contributed by atoms with E-state index in [2.05, 4.69) is 9.72 Å². The van der Waals surface area contributed by atoms with E-state index in [1.54, 1.807) is 0 Å². The number of alkyl halides is 2. The maximum Gasteiger partial charge on any atom is 0.387 e. The number of aromatic nitrogens is 2. The molecule has 0 radical (unpaired) electrons. The molecule has 138 valence electrons. The average molecular weight is 364 g/mol. The minimum Gasteiger partial charge on any atom is -0.435 e. The summed E-state index contributed by atoms with van der Waals surface area (Å²) in [7, 11) is 0. The van der Waals surface area contributed by atoms with Gasteiger partial charge < -0.3 is 14.5 Å². The van der Waals surface area contributed by atoms with E-state index in [0.717, 1.165) is 25.7 Å². The van der Waals surface area contributed by atoms with Crippen molar-refractivity contribution >= 4 is 10.9 Å². The van der Waals surface area contributed by atoms with Crippen LogP contribution in [0.25, 0.3) is 10.9 Å². The zero-order valence-electron chi connectivity index (χ0n) is 14.0. The van der Waals surface area contributed by atoms with Gasteiger partial charge in [0.2, 0.25) is 0 Å². The summed E-state index contributed by atoms with van der Waals surface area (Å²) in [6.07, 6.45) is 4.07. The second-order valence-corrected chi connectivity index (χ2v) is 7.62. The smallest absolute Gasteiger partial charge is 0.387 e. The Kier molecular flexibility index (Phi) is 3.17. The minimum atomic E-state index is -2.97. The van der Waals surface area contributed by atoms with Crippen molar-refractivity contribution in [2.45, 2.75) is 44.4 Å². The summed E-state index contributed by atoms with van der Waals surface area (Å²) in [4.78, 5) is 28.0. The first kappa shape index (κ1) is 16.0. The zero-order valence-corrected chi connectivity index (χ0v) is 14.0. The first-order valence-electron chi connectivity index (χ1n) is 8.80. The van der Waals surface area contributed by atoms with Crippen molar-refractivity contribution in [1.82, 2.24) is 9.55 Å². The number of benzene rings is 1. The Morgan fingerprint density at radius 1 is 1.35 bits per heavy atom. The minimum absolute atomic E-state index is 0.0984. The highest BCUT2D eigenvalue weighted by Crippen LogP contribution is 2.71. The van der Waals surface area contributed by atoms with Crippen LogP contribution in [0, 0.1) is 11.3 Å². The highest BCUT2D eigenvalue weighted by molar-refractivity contribution is 5.78. The van der Waals surface area contributed by atoms with E-state index in [1.165, 1.54) is 22.8 Å². The Balaban J connectivity index is 1.55. The van der Waals surface area contributed by atoms with Crippen LogP contribution in [0.5, 0.6) is 5.75 Å². The number of hydrogen-bond donors (Lipinski definition) is 1. The second-order valence-electron chi connectivity index (χ2n) is 7.62. The Bertz CT molecular complexity index is 1010. The van der Waals surface area contributed by atoms with Crippen LogP contribution >= 0.6 is 0 Å². The fourth-order valence-electron chi connectivity index (χ4n) is 4.87. The van der Waals surface area contributed by atoms with Crippen molar-refractivity contribution in [3.63, 3.8) is 0 Å². The molecule has 1 aliphatic heterocycles. The lowest BCUT2D eigenvalue weighted by atomic mass is 9.68. The molecule has 26 heavy (non-hydrogen) atoms. The summed E-state index contributed by atoms with van der Waals surface area (Å²) in [5.74, 6) is 0.311. The highest BCUT2D eigenvalue weighted by Gasteiger charge is 2.73. The van der Waals surface area contributed by atoms with Gasteiger partial charge in [-0.3, -0.25) is 9.36 Å². The standard InChI is InChI=1S/C18H18F2N2O4/c19-15(20)26-11-2-3-12-13(6-11)21-16(24)22(14(12)23)9-17-7-10(17)8-25-18(17)4-1-5-18/h2-3,6,10,15H,1,4-5,7-9H2,(H,21,24)/t10-,17+/m0/s1. The topological polar surface area (TPSA) is 73.3 Å². The van der Waals surface area contributed by atoms with Gasteiger partial charge in [-0.15, -0.1) is 0 Å². The predicted molar refractivity (Wildman–Crippen MR) is 88.5 cm³/mol. The van der Waals surface area contributed by atoms with Crippen LogP contribution < -0.4 is 16.0 Å². The molecule has 2 saturated carbocycles. The molecular formula is C18H18F2N2O4. The lowest BCUT2D eigenvalue weighted by molar-refractivity contribution is -0.115. The SMILES string of the molecule is O=c1[nH]c2cc(OC(F)F)ccc2c(=O)n1C[C@]12C[C@H]1COC21CCC1. The fourth-order valence-corrected chi connectivity index (χ4v) is 4.87. The van der Waals surface area contributed by atoms with E-state index in [4.69, 9.17) is 4.74 Å². The van der Waals surface area contributed by atoms with Gasteiger partial charge in [0.15, 0.2) is 0 Å². The molecular weight excluding hydrogens is 346 g/mol. The van der Waals surface area contributed by atoms with Crippen LogP contribution in [0.3, 0.4) is 0 Å². The number of hydrogen-bond acceptors (Lipinski definition) is 4. The summed E-state index contributed by atoms with van der Waals surface area (Å²) in [5, 5.41) is 0.279. The number of aromatic amines is 1. The Morgan fingerprint density at radius 3 is 2.81 bits per heavy atom. The number of fused-ring (bicyclic) bond motifs is 3. The van der Waals surface area contributed by atoms with Crippen LogP contribution in [0.2, 0.25) is 0 Å². The van der Waals surface area contributed by atoms with Gasteiger partial charge in [0.05, 0.1) is 23.1 Å². The summed E-state index contributed by atoms with van der Waals surface area (Å²) in [6, 6.07) is 3.97. The van der Waals surface area contributed by atoms with E-state index < -0.39 is 17.9 Å². The van der Waals surface area contributed by atoms with Gasteiger partial charge in [-0.1, -0.05) is 0 Å². The number of H-pyrrole nitrogens is 1. The van der Waals surface area contributed by atoms with Crippen LogP contribution in [0.1, 0.15) is 25.7 Å². The van der Waals surface area contributed by atoms with Crippen molar-refractivity contribution in [2.75, 3.05) is 6.61 Å². The lowest BCUT2D eigenvalue weighted by Gasteiger charge is -2.45. The Labute approximate surface area is 146 Å². The number of nitrogens with zero attached hydrogens (tertiary/aromatic N) is 1. The molecule has 2 atom stereocenters. The van der Waals surface area contributed by atoms with E-state index in [-0.39, 0.29) is 27.7 Å². The van der Waals surface area contributed by atoms with Crippen LogP contribution in [-0.4, -0.2) is 28.4 Å². The Hall–Kier alpha value is -2.22. The average Bonchev–Trinajstić information content (AvgIpc) is 3.15. The van der Waals surface area contributed by atoms with E-state index in [9.17, 15) is 18.4 Å². The summed E-state index contributed by atoms with van der Waals surface area (Å²) in [6.45, 7) is -1.92. The third kappa shape index (κ3) is 2.05. The first-order valence-corrected chi connectivity index (χ1v) is 8.80. The van der Waals surface area contributed by atoms with Gasteiger partial charge in [0, 0.05) is 18.0 Å². The van der Waals surface area contributed by atoms with Crippen molar-refractivity contribution in [1.29, 1.82) is 0 Å². The molecule has 2 aliphatic carbocycles. The quantitative estimate of drug-likeness (QED) is 0.903. The van der Waals surface area contributed by atoms with Gasteiger partial charge in [0.25, 0.3) is 5.56 Å². The van der Waals surface area contributed by atoms with Crippen LogP contribution in [-0.2, 0) is 11.3 Å². The third-order valence-electron chi connectivity index (χ3n) is 6.48. The lowest BCUT2D eigenvalue weighted by Crippen LogP contribution is -2.50. The molecule has 1 aromatic carbocycles. The predicted octanol–water partition coefficient (Wildman–Crippen LogP) is 2.25. The monoisotopic (exact) mass is 364 g/mol. The molecule has 1 aromatic heterocycles. The molecule has 3 aliphatic rings. The molecule has 0 amide bonds. The molecule has 1 saturated heterocycles. The van der Waals surface area contributed by atoms with Crippen molar-refractivity contribution in [3.05, 3.63) is 39.0 Å². The summed E-state index contributed by atoms with van der Waals surface area (Å²) < 4.78 is 36.3. The van der Waals surface area contributed by atoms with Gasteiger partial charge in [-0.05, 0) is 43.7 Å². The number of halogens is 2. The van der Waals surface area contributed by atoms with E-state index in [0.29, 0.717) is 19.1 Å². The molecule has 2 aromatic rings. The van der Waals surface area contributed by atoms with Crippen molar-refractivity contribution < 1.29 is 18.3 Å². The van der Waals surface area contributed by atoms with Gasteiger partial charge in [-0.25, -0.2) is 4.79 Å². The molecule has 2 heterocycles. The molecule has 0 unspecified atom stereocenters. The molecule has 1 N–H and O–H groups in total. The molecule has 5 rings (SSSR count). The molecule has 3 fully saturated rings. The maximum atomic E-state index is 12.9. The van der Waals surface area contributed by atoms with Crippen LogP contribution in [0.4, 0.5) is 8.78 Å². The zero-order chi connectivity index (χ0) is 18.1. The molecule has 6 nitrogen and oxygen atoms in total. The third-order valence-corrected chi connectivity index (χ3v) is 6.48. The number of rotatable bonds is 4. The summed E-state index contributed by atoms with van der Waals surface area (Å²) in [5.41, 5.74) is -1.03. The largest absolute Gasteiger partial charge is 0.435 e. The van der Waals surface area contributed by atoms with E-state index in [1.807, 2.05) is 0 Å². The maximum absolute atomic E-state index is 12.9. The van der Waals surface area contributed by atoms with Gasteiger partial charge in [0.1, 0.15) is 5.75 Å². The van der Waals surface area contributed by atoms with Gasteiger partial charge >= 0.3 is 12.3 Å². The molecule has 8 heteroatoms. The van der Waals surface area contributed by atoms with Gasteiger partial charge in [-0.2, -0.15) is 8.78 Å². The molecule has 0 bridgehead atoms. The summed E-state index contributed by atoms with van der Waals surface area (Å²) >= 11 is 0. The normalized spacial score (nSPS) is 28.3. The molecule has 1 spiro atoms. The second kappa shape index (κ2) is 5.16. The highest BCUT2D eigenvalue weighted by atomic mass is 19.3. The number of ether oxygens (including phenoxy) is 2. The van der Waals surface area contributed by atoms with E-state index >= 15 is 0 Å².